The molecule has 0 bridgehead atoms. The molecule has 1 aromatic rings. The van der Waals surface area contributed by atoms with E-state index in [4.69, 9.17) is 14.5 Å². The summed E-state index contributed by atoms with van der Waals surface area (Å²) in [7, 11) is -4.84. The number of carbonyl (C=O) groups is 1. The molecule has 1 amide bonds. The van der Waals surface area contributed by atoms with E-state index in [2.05, 4.69) is 14.6 Å². The number of pyridine rings is 1. The summed E-state index contributed by atoms with van der Waals surface area (Å²) in [6, 6.07) is 2.18. The number of hydrogen-bond donors (Lipinski definition) is 3. The van der Waals surface area contributed by atoms with Crippen molar-refractivity contribution in [2.24, 2.45) is 11.8 Å². The van der Waals surface area contributed by atoms with Crippen molar-refractivity contribution in [3.8, 4) is 0 Å². The van der Waals surface area contributed by atoms with Gasteiger partial charge in [-0.1, -0.05) is 0 Å². The predicted molar refractivity (Wildman–Crippen MR) is 117 cm³/mol. The van der Waals surface area contributed by atoms with Crippen LogP contribution in [0.4, 0.5) is 32.0 Å². The Labute approximate surface area is 212 Å². The zero-order chi connectivity index (χ0) is 28.3. The monoisotopic (exact) mass is 580 g/mol. The number of phosphoric ester groups is 1. The first-order valence-corrected chi connectivity index (χ1v) is 13.2. The number of phosphoric acid groups is 1. The molecule has 216 valence electrons. The molecular formula is C21H27F6N2O8P. The Bertz CT molecular complexity index is 1070. The molecule has 10 nitrogen and oxygen atoms in total. The van der Waals surface area contributed by atoms with Crippen molar-refractivity contribution in [3.63, 3.8) is 0 Å². The van der Waals surface area contributed by atoms with Crippen LogP contribution in [0.5, 0.6) is 0 Å². The van der Waals surface area contributed by atoms with Gasteiger partial charge in [0.2, 0.25) is 5.91 Å². The molecule has 0 radical (unpaired) electrons. The molecule has 3 atom stereocenters. The number of amides is 1. The normalized spacial score (nSPS) is 27.2. The number of carbonyl (C=O) groups excluding carboxylic acids is 1. The van der Waals surface area contributed by atoms with Gasteiger partial charge >= 0.3 is 20.4 Å². The lowest BCUT2D eigenvalue weighted by Crippen LogP contribution is -2.45. The summed E-state index contributed by atoms with van der Waals surface area (Å²) >= 11 is 0. The van der Waals surface area contributed by atoms with Crippen LogP contribution in [0.1, 0.15) is 44.9 Å². The molecule has 0 aromatic carbocycles. The average Bonchev–Trinajstić information content (AvgIpc) is 2.77. The largest absolute Gasteiger partial charge is 0.522 e. The molecule has 2 fully saturated rings. The van der Waals surface area contributed by atoms with Crippen molar-refractivity contribution in [2.75, 3.05) is 5.32 Å². The van der Waals surface area contributed by atoms with Crippen LogP contribution in [0.3, 0.4) is 0 Å². The maximum Gasteiger partial charge on any atom is 0.522 e. The molecule has 2 aliphatic rings. The highest BCUT2D eigenvalue weighted by molar-refractivity contribution is 7.46. The molecule has 3 unspecified atom stereocenters. The number of halogens is 6. The minimum absolute atomic E-state index is 0.00150. The summed E-state index contributed by atoms with van der Waals surface area (Å²) in [5.41, 5.74) is -0.781. The molecule has 2 aliphatic carbocycles. The van der Waals surface area contributed by atoms with E-state index in [-0.39, 0.29) is 44.2 Å². The van der Waals surface area contributed by atoms with Crippen LogP contribution >= 0.6 is 7.82 Å². The summed E-state index contributed by atoms with van der Waals surface area (Å²) in [6.07, 6.45) is -11.8. The lowest BCUT2D eigenvalue weighted by Gasteiger charge is -2.39. The lowest BCUT2D eigenvalue weighted by atomic mass is 9.78. The number of nitrogens with zero attached hydrogens (tertiary/aromatic N) is 1. The van der Waals surface area contributed by atoms with E-state index < -0.39 is 75.1 Å². The Morgan fingerprint density at radius 3 is 2.24 bits per heavy atom. The summed E-state index contributed by atoms with van der Waals surface area (Å²) in [4.78, 5) is 42.6. The Hall–Kier alpha value is -1.97. The maximum absolute atomic E-state index is 13.4. The fourth-order valence-electron chi connectivity index (χ4n) is 4.66. The fourth-order valence-corrected chi connectivity index (χ4v) is 4.94. The second kappa shape index (κ2) is 12.0. The fraction of sp³-hybridized carbons (Fsp3) is 0.714. The van der Waals surface area contributed by atoms with Gasteiger partial charge in [0.1, 0.15) is 6.73 Å². The molecule has 3 rings (SSSR count). The highest BCUT2D eigenvalue weighted by Crippen LogP contribution is 2.42. The zero-order valence-electron chi connectivity index (χ0n) is 19.8. The first kappa shape index (κ1) is 30.6. The average molecular weight is 580 g/mol. The topological polar surface area (TPSA) is 136 Å². The minimum atomic E-state index is -4.84. The van der Waals surface area contributed by atoms with Crippen LogP contribution in [0.15, 0.2) is 23.1 Å². The van der Waals surface area contributed by atoms with Gasteiger partial charge in [0.15, 0.2) is 0 Å². The standard InChI is InChI=1S/C21H27F6N2O8P/c22-20(23,24)12-1-6-16(17(9-12)36-14-2-4-15(5-3-14)37-21(25,26)27)19(31)28-13-7-8-29(18(30)10-13)11-35-38(32,33)34/h7-8,10,12,14-17H,1-6,9,11H2,(H,28,31)(H2,32,33,34). The number of ether oxygens (including phenoxy) is 2. The molecule has 1 heterocycles. The predicted octanol–water partition coefficient (Wildman–Crippen LogP) is 4.07. The zero-order valence-corrected chi connectivity index (χ0v) is 20.7. The van der Waals surface area contributed by atoms with Crippen molar-refractivity contribution in [1.82, 2.24) is 4.57 Å². The Morgan fingerprint density at radius 2 is 1.68 bits per heavy atom. The molecule has 1 aromatic heterocycles. The number of hydrogen-bond acceptors (Lipinski definition) is 6. The van der Waals surface area contributed by atoms with E-state index in [9.17, 15) is 40.5 Å². The van der Waals surface area contributed by atoms with Crippen LogP contribution in [-0.4, -0.2) is 51.1 Å². The molecule has 0 aliphatic heterocycles. The number of anilines is 1. The van der Waals surface area contributed by atoms with Gasteiger partial charge in [-0.05, 0) is 51.0 Å². The Kier molecular flexibility index (Phi) is 9.69. The van der Waals surface area contributed by atoms with E-state index in [0.29, 0.717) is 0 Å². The quantitative estimate of drug-likeness (QED) is 0.310. The van der Waals surface area contributed by atoms with Crippen LogP contribution < -0.4 is 10.9 Å². The first-order valence-electron chi connectivity index (χ1n) is 11.7. The Balaban J connectivity index is 1.66. The van der Waals surface area contributed by atoms with Crippen LogP contribution in [0.25, 0.3) is 0 Å². The smallest absolute Gasteiger partial charge is 0.374 e. The van der Waals surface area contributed by atoms with Gasteiger partial charge in [-0.25, -0.2) is 4.57 Å². The van der Waals surface area contributed by atoms with Gasteiger partial charge < -0.3 is 19.8 Å². The third-order valence-electron chi connectivity index (χ3n) is 6.51. The second-order valence-corrected chi connectivity index (χ2v) is 10.5. The molecule has 2 saturated carbocycles. The van der Waals surface area contributed by atoms with Crippen LogP contribution in [0, 0.1) is 11.8 Å². The third kappa shape index (κ3) is 9.35. The first-order chi connectivity index (χ1) is 17.5. The highest BCUT2D eigenvalue weighted by atomic mass is 31.2. The van der Waals surface area contributed by atoms with E-state index in [1.807, 2.05) is 0 Å². The lowest BCUT2D eigenvalue weighted by molar-refractivity contribution is -0.346. The van der Waals surface area contributed by atoms with E-state index in [0.717, 1.165) is 16.8 Å². The summed E-state index contributed by atoms with van der Waals surface area (Å²) in [6.45, 7) is -0.759. The van der Waals surface area contributed by atoms with Crippen LogP contribution in [0.2, 0.25) is 0 Å². The van der Waals surface area contributed by atoms with Gasteiger partial charge in [-0.15, -0.1) is 13.2 Å². The minimum Gasteiger partial charge on any atom is -0.374 e. The van der Waals surface area contributed by atoms with Crippen molar-refractivity contribution in [2.45, 2.75) is 82.5 Å². The van der Waals surface area contributed by atoms with Crippen molar-refractivity contribution in [1.29, 1.82) is 0 Å². The molecule has 0 saturated heterocycles. The summed E-state index contributed by atoms with van der Waals surface area (Å²) < 4.78 is 103. The van der Waals surface area contributed by atoms with Crippen molar-refractivity contribution >= 4 is 19.4 Å². The number of nitrogens with one attached hydrogen (secondary N) is 1. The van der Waals surface area contributed by atoms with E-state index >= 15 is 0 Å². The highest BCUT2D eigenvalue weighted by Gasteiger charge is 2.48. The molecule has 17 heteroatoms. The number of rotatable bonds is 8. The van der Waals surface area contributed by atoms with E-state index in [1.54, 1.807) is 0 Å². The van der Waals surface area contributed by atoms with Gasteiger partial charge in [0.25, 0.3) is 5.56 Å². The van der Waals surface area contributed by atoms with Gasteiger partial charge in [0, 0.05) is 18.0 Å². The second-order valence-electron chi connectivity index (χ2n) is 9.26. The summed E-state index contributed by atoms with van der Waals surface area (Å²) in [5, 5.41) is 2.45. The van der Waals surface area contributed by atoms with Crippen LogP contribution in [-0.2, 0) is 30.1 Å². The Morgan fingerprint density at radius 1 is 1.05 bits per heavy atom. The number of aromatic nitrogens is 1. The van der Waals surface area contributed by atoms with E-state index in [1.165, 1.54) is 6.07 Å². The van der Waals surface area contributed by atoms with Gasteiger partial charge in [0.05, 0.1) is 30.1 Å². The third-order valence-corrected chi connectivity index (χ3v) is 6.96. The SMILES string of the molecule is O=C(Nc1ccn(COP(=O)(O)O)c(=O)c1)C1CCC(C(F)(F)F)CC1OC1CCC(OC(F)(F)F)CC1. The van der Waals surface area contributed by atoms with Crippen molar-refractivity contribution in [3.05, 3.63) is 28.7 Å². The number of alkyl halides is 6. The molecular weight excluding hydrogens is 553 g/mol. The molecule has 0 spiro atoms. The van der Waals surface area contributed by atoms with Gasteiger partial charge in [-0.2, -0.15) is 13.2 Å². The molecule has 3 N–H and O–H groups in total. The van der Waals surface area contributed by atoms with Crippen molar-refractivity contribution < 1.29 is 59.5 Å². The summed E-state index contributed by atoms with van der Waals surface area (Å²) in [5.74, 6) is -3.43. The maximum atomic E-state index is 13.4. The van der Waals surface area contributed by atoms with Gasteiger partial charge in [-0.3, -0.25) is 23.4 Å². The molecule has 38 heavy (non-hydrogen) atoms.